The van der Waals surface area contributed by atoms with Gasteiger partial charge in [0.1, 0.15) is 10.4 Å². The highest BCUT2D eigenvalue weighted by Crippen LogP contribution is 2.21. The molecule has 3 heterocycles. The van der Waals surface area contributed by atoms with Crippen LogP contribution in [-0.4, -0.2) is 35.4 Å². The highest BCUT2D eigenvalue weighted by atomic mass is 79.9. The summed E-state index contributed by atoms with van der Waals surface area (Å²) in [6.07, 6.45) is 5.14. The third kappa shape index (κ3) is 9.20. The van der Waals surface area contributed by atoms with E-state index in [1.807, 2.05) is 119 Å². The monoisotopic (exact) mass is 626 g/mol. The summed E-state index contributed by atoms with van der Waals surface area (Å²) in [7, 11) is 5.64. The average Bonchev–Trinajstić information content (AvgIpc) is 3.71. The van der Waals surface area contributed by atoms with Crippen molar-refractivity contribution in [3.63, 3.8) is 0 Å². The van der Waals surface area contributed by atoms with E-state index < -0.39 is 6.09 Å². The second-order valence-corrected chi connectivity index (χ2v) is 9.91. The first-order chi connectivity index (χ1) is 20.2. The number of nitrogens with one attached hydrogen (secondary N) is 1. The normalized spacial score (nSPS) is 10.1. The number of carbonyl (C=O) groups excluding carboxylic acids is 1. The van der Waals surface area contributed by atoms with Gasteiger partial charge in [0.2, 0.25) is 0 Å². The SMILES string of the molecule is Cn1ccc(-c2cccc(N)c2)n1.Cn1ccc(-c2cccc(NC(=O)Oc3ccccc3)c2)n1.Cn1ccc(Br)n1. The van der Waals surface area contributed by atoms with E-state index >= 15 is 0 Å². The fourth-order valence-electron chi connectivity index (χ4n) is 3.72. The molecule has 42 heavy (non-hydrogen) atoms. The number of nitrogen functional groups attached to an aromatic ring is 1. The van der Waals surface area contributed by atoms with Crippen molar-refractivity contribution >= 4 is 33.4 Å². The fraction of sp³-hybridized carbons (Fsp3) is 0.0968. The zero-order chi connectivity index (χ0) is 29.9. The highest BCUT2D eigenvalue weighted by Gasteiger charge is 2.07. The third-order valence-corrected chi connectivity index (χ3v) is 6.07. The van der Waals surface area contributed by atoms with E-state index in [0.717, 1.165) is 32.8 Å². The van der Waals surface area contributed by atoms with Crippen LogP contribution in [0.25, 0.3) is 22.5 Å². The number of nitrogens with zero attached hydrogens (tertiary/aromatic N) is 6. The molecule has 0 fully saturated rings. The van der Waals surface area contributed by atoms with Gasteiger partial charge in [-0.1, -0.05) is 42.5 Å². The van der Waals surface area contributed by atoms with Crippen LogP contribution in [0, 0.1) is 0 Å². The van der Waals surface area contributed by atoms with Crippen LogP contribution in [0.3, 0.4) is 0 Å². The van der Waals surface area contributed by atoms with Crippen molar-refractivity contribution in [2.75, 3.05) is 11.1 Å². The minimum atomic E-state index is -0.524. The van der Waals surface area contributed by atoms with Gasteiger partial charge in [-0.25, -0.2) is 4.79 Å². The van der Waals surface area contributed by atoms with Gasteiger partial charge in [0.15, 0.2) is 0 Å². The Morgan fingerprint density at radius 2 is 1.29 bits per heavy atom. The summed E-state index contributed by atoms with van der Waals surface area (Å²) in [5, 5.41) is 15.3. The van der Waals surface area contributed by atoms with Gasteiger partial charge < -0.3 is 10.5 Å². The predicted molar refractivity (Wildman–Crippen MR) is 169 cm³/mol. The molecule has 0 aliphatic carbocycles. The maximum absolute atomic E-state index is 11.9. The molecule has 0 atom stereocenters. The standard InChI is InChI=1S/C17H15N3O2.C10H11N3.C4H5BrN2/c1-20-11-10-16(19-20)13-6-5-7-14(12-13)18-17(21)22-15-8-3-2-4-9-15;1-13-6-5-10(12-13)8-3-2-4-9(11)7-8;1-7-3-2-4(5)6-7/h2-12H,1H3,(H,18,21);2-7H,11H2,1H3;2-3H,1H3. The zero-order valence-corrected chi connectivity index (χ0v) is 25.0. The quantitative estimate of drug-likeness (QED) is 0.214. The number of nitrogens with two attached hydrogens (primary N) is 1. The van der Waals surface area contributed by atoms with Crippen molar-refractivity contribution in [1.29, 1.82) is 0 Å². The van der Waals surface area contributed by atoms with Crippen molar-refractivity contribution in [1.82, 2.24) is 29.3 Å². The number of carbonyl (C=O) groups is 1. The Kier molecular flexibility index (Phi) is 10.3. The highest BCUT2D eigenvalue weighted by molar-refractivity contribution is 9.10. The Morgan fingerprint density at radius 3 is 1.79 bits per heavy atom. The number of aromatic nitrogens is 6. The van der Waals surface area contributed by atoms with E-state index in [0.29, 0.717) is 11.4 Å². The number of aryl methyl sites for hydroxylation is 3. The van der Waals surface area contributed by atoms with E-state index in [1.165, 1.54) is 0 Å². The molecule has 3 N–H and O–H groups in total. The first-order valence-corrected chi connectivity index (χ1v) is 13.7. The summed E-state index contributed by atoms with van der Waals surface area (Å²) >= 11 is 3.20. The van der Waals surface area contributed by atoms with Gasteiger partial charge in [-0.05, 0) is 70.5 Å². The molecule has 6 rings (SSSR count). The Balaban J connectivity index is 0.000000169. The van der Waals surface area contributed by atoms with Gasteiger partial charge in [0, 0.05) is 62.2 Å². The first-order valence-electron chi connectivity index (χ1n) is 12.9. The maximum Gasteiger partial charge on any atom is 0.417 e. The lowest BCUT2D eigenvalue weighted by atomic mass is 10.1. The van der Waals surface area contributed by atoms with Crippen LogP contribution < -0.4 is 15.8 Å². The van der Waals surface area contributed by atoms with Crippen LogP contribution in [0.4, 0.5) is 16.2 Å². The van der Waals surface area contributed by atoms with Crippen molar-refractivity contribution < 1.29 is 9.53 Å². The largest absolute Gasteiger partial charge is 0.417 e. The van der Waals surface area contributed by atoms with Crippen LogP contribution in [-0.2, 0) is 21.1 Å². The minimum Gasteiger partial charge on any atom is -0.410 e. The molecule has 0 unspecified atom stereocenters. The van der Waals surface area contributed by atoms with Crippen LogP contribution in [0.1, 0.15) is 0 Å². The Labute approximate surface area is 252 Å². The van der Waals surface area contributed by atoms with Gasteiger partial charge in [-0.15, -0.1) is 0 Å². The number of para-hydroxylation sites is 1. The van der Waals surface area contributed by atoms with Crippen LogP contribution in [0.5, 0.6) is 5.75 Å². The molecule has 3 aromatic carbocycles. The Morgan fingerprint density at radius 1 is 0.714 bits per heavy atom. The summed E-state index contributed by atoms with van der Waals surface area (Å²) in [5.74, 6) is 0.501. The van der Waals surface area contributed by atoms with Gasteiger partial charge in [-0.2, -0.15) is 15.3 Å². The van der Waals surface area contributed by atoms with E-state index in [1.54, 1.807) is 32.2 Å². The average molecular weight is 628 g/mol. The zero-order valence-electron chi connectivity index (χ0n) is 23.4. The molecule has 0 saturated heterocycles. The number of hydrogen-bond acceptors (Lipinski definition) is 6. The lowest BCUT2D eigenvalue weighted by molar-refractivity contribution is 0.215. The van der Waals surface area contributed by atoms with Crippen molar-refractivity contribution in [2.45, 2.75) is 0 Å². The molecule has 10 nitrogen and oxygen atoms in total. The molecule has 0 spiro atoms. The van der Waals surface area contributed by atoms with Crippen LogP contribution in [0.15, 0.2) is 120 Å². The topological polar surface area (TPSA) is 118 Å². The fourth-order valence-corrected chi connectivity index (χ4v) is 4.09. The van der Waals surface area contributed by atoms with Gasteiger partial charge in [0.25, 0.3) is 0 Å². The molecule has 11 heteroatoms. The third-order valence-electron chi connectivity index (χ3n) is 5.65. The maximum atomic E-state index is 11.9. The lowest BCUT2D eigenvalue weighted by Gasteiger charge is -2.07. The predicted octanol–water partition coefficient (Wildman–Crippen LogP) is 6.55. The number of hydrogen-bond donors (Lipinski definition) is 2. The molecule has 0 aliphatic heterocycles. The number of ether oxygens (including phenoxy) is 1. The van der Waals surface area contributed by atoms with Crippen LogP contribution >= 0.6 is 15.9 Å². The molecule has 6 aromatic rings. The number of benzene rings is 3. The van der Waals surface area contributed by atoms with Crippen molar-refractivity contribution in [3.05, 3.63) is 120 Å². The summed E-state index contributed by atoms with van der Waals surface area (Å²) in [6, 6.07) is 29.9. The molecule has 1 amide bonds. The van der Waals surface area contributed by atoms with Crippen molar-refractivity contribution in [3.8, 4) is 28.3 Å². The first kappa shape index (κ1) is 29.8. The van der Waals surface area contributed by atoms with Crippen LogP contribution in [0.2, 0.25) is 0 Å². The summed E-state index contributed by atoms with van der Waals surface area (Å²) in [4.78, 5) is 11.9. The molecule has 3 aromatic heterocycles. The number of halogens is 1. The van der Waals surface area contributed by atoms with E-state index in [9.17, 15) is 4.79 Å². The smallest absolute Gasteiger partial charge is 0.410 e. The summed E-state index contributed by atoms with van der Waals surface area (Å²) < 4.78 is 11.3. The lowest BCUT2D eigenvalue weighted by Crippen LogP contribution is -2.16. The molecule has 0 saturated carbocycles. The second-order valence-electron chi connectivity index (χ2n) is 9.10. The molecule has 0 bridgehead atoms. The van der Waals surface area contributed by atoms with E-state index in [2.05, 4.69) is 36.5 Å². The van der Waals surface area contributed by atoms with E-state index in [4.69, 9.17) is 10.5 Å². The van der Waals surface area contributed by atoms with Gasteiger partial charge >= 0.3 is 6.09 Å². The molecular formula is C31H31BrN8O2. The Bertz CT molecular complexity index is 1710. The van der Waals surface area contributed by atoms with E-state index in [-0.39, 0.29) is 0 Å². The van der Waals surface area contributed by atoms with Gasteiger partial charge in [-0.3, -0.25) is 19.4 Å². The van der Waals surface area contributed by atoms with Crippen molar-refractivity contribution in [2.24, 2.45) is 21.1 Å². The van der Waals surface area contributed by atoms with Gasteiger partial charge in [0.05, 0.1) is 11.4 Å². The molecule has 0 radical (unpaired) electrons. The number of rotatable bonds is 4. The summed E-state index contributed by atoms with van der Waals surface area (Å²) in [6.45, 7) is 0. The molecular weight excluding hydrogens is 596 g/mol. The Hall–Kier alpha value is -5.16. The second kappa shape index (κ2) is 14.5. The molecule has 214 valence electrons. The summed E-state index contributed by atoms with van der Waals surface area (Å²) in [5.41, 5.74) is 10.9. The number of anilines is 2. The minimum absolute atomic E-state index is 0.501. The number of amides is 1. The molecule has 0 aliphatic rings.